The summed E-state index contributed by atoms with van der Waals surface area (Å²) in [6.45, 7) is 2.86. The number of rotatable bonds is 2. The summed E-state index contributed by atoms with van der Waals surface area (Å²) in [4.78, 5) is 0. The van der Waals surface area contributed by atoms with E-state index in [1.807, 2.05) is 12.1 Å². The van der Waals surface area contributed by atoms with Gasteiger partial charge in [0.25, 0.3) is 0 Å². The third-order valence-electron chi connectivity index (χ3n) is 2.53. The molecule has 2 rings (SSSR count). The Kier molecular flexibility index (Phi) is 2.38. The van der Waals surface area contributed by atoms with E-state index in [4.69, 9.17) is 0 Å². The van der Waals surface area contributed by atoms with Crippen molar-refractivity contribution in [2.24, 2.45) is 0 Å². The van der Waals surface area contributed by atoms with Crippen LogP contribution in [-0.4, -0.2) is 16.8 Å². The van der Waals surface area contributed by atoms with E-state index >= 15 is 0 Å². The Morgan fingerprint density at radius 1 is 1.54 bits per heavy atom. The van der Waals surface area contributed by atoms with Crippen molar-refractivity contribution in [2.45, 2.75) is 26.4 Å². The van der Waals surface area contributed by atoms with Crippen LogP contribution in [0.15, 0.2) is 18.2 Å². The van der Waals surface area contributed by atoms with E-state index in [1.165, 1.54) is 11.1 Å². The average molecular weight is 177 g/mol. The van der Waals surface area contributed by atoms with Gasteiger partial charge >= 0.3 is 7.12 Å². The van der Waals surface area contributed by atoms with Crippen LogP contribution in [-0.2, 0) is 13.0 Å². The maximum Gasteiger partial charge on any atom is 0.729 e. The third-order valence-corrected chi connectivity index (χ3v) is 2.53. The number of aliphatic hydroxyl groups is 1. The molecule has 3 heteroatoms. The molecule has 13 heavy (non-hydrogen) atoms. The highest BCUT2D eigenvalue weighted by Gasteiger charge is 2.37. The Hall–Kier alpha value is -0.795. The van der Waals surface area contributed by atoms with Gasteiger partial charge in [0.1, 0.15) is 6.61 Å². The van der Waals surface area contributed by atoms with Crippen LogP contribution in [0.4, 0.5) is 0 Å². The Balaban J connectivity index is 2.38. The van der Waals surface area contributed by atoms with Gasteiger partial charge < -0.3 is 9.68 Å². The standard InChI is InChI=1S/C10H13BO2/c1-2-4-8-5-3-6-10-9(8)7-13-11(10)12/h3,5-6,12H,2,4,7H2,1H3/p+1. The van der Waals surface area contributed by atoms with Crippen molar-refractivity contribution in [3.8, 4) is 0 Å². The van der Waals surface area contributed by atoms with Crippen molar-refractivity contribution in [2.75, 3.05) is 0 Å². The molecular weight excluding hydrogens is 163 g/mol. The molecule has 1 heterocycles. The van der Waals surface area contributed by atoms with Gasteiger partial charge in [-0.15, -0.1) is 0 Å². The number of aryl methyl sites for hydroxylation is 1. The number of fused-ring (bicyclic) bond motifs is 1. The predicted molar refractivity (Wildman–Crippen MR) is 54.0 cm³/mol. The highest BCUT2D eigenvalue weighted by molar-refractivity contribution is 6.60. The number of benzene rings is 1. The molecule has 0 radical (unpaired) electrons. The summed E-state index contributed by atoms with van der Waals surface area (Å²) in [5.74, 6) is 0. The normalized spacial score (nSPS) is 14.8. The third kappa shape index (κ3) is 1.49. The summed E-state index contributed by atoms with van der Waals surface area (Å²) in [5.41, 5.74) is 3.60. The highest BCUT2D eigenvalue weighted by Crippen LogP contribution is 2.14. The van der Waals surface area contributed by atoms with Gasteiger partial charge in [-0.2, -0.15) is 0 Å². The van der Waals surface area contributed by atoms with Crippen molar-refractivity contribution >= 4 is 12.6 Å². The minimum absolute atomic E-state index is 0.577. The first kappa shape index (κ1) is 8.79. The monoisotopic (exact) mass is 177 g/mol. The topological polar surface area (TPSA) is 33.0 Å². The molecule has 0 amide bonds. The van der Waals surface area contributed by atoms with Crippen molar-refractivity contribution in [1.82, 2.24) is 0 Å². The zero-order valence-electron chi connectivity index (χ0n) is 7.83. The van der Waals surface area contributed by atoms with E-state index < -0.39 is 7.12 Å². The van der Waals surface area contributed by atoms with E-state index in [9.17, 15) is 5.02 Å². The minimum Gasteiger partial charge on any atom is -0.508 e. The van der Waals surface area contributed by atoms with Crippen LogP contribution in [0.5, 0.6) is 0 Å². The van der Waals surface area contributed by atoms with E-state index in [1.54, 1.807) is 0 Å². The zero-order chi connectivity index (χ0) is 9.26. The fourth-order valence-electron chi connectivity index (χ4n) is 1.87. The van der Waals surface area contributed by atoms with Gasteiger partial charge in [0, 0.05) is 5.56 Å². The smallest absolute Gasteiger partial charge is 0.508 e. The molecule has 0 saturated heterocycles. The van der Waals surface area contributed by atoms with Crippen molar-refractivity contribution in [3.05, 3.63) is 29.3 Å². The molecular formula is C10H14BO2+. The Morgan fingerprint density at radius 2 is 2.38 bits per heavy atom. The second-order valence-corrected chi connectivity index (χ2v) is 3.45. The van der Waals surface area contributed by atoms with Gasteiger partial charge in [-0.05, 0) is 12.0 Å². The van der Waals surface area contributed by atoms with Gasteiger partial charge in [-0.25, -0.2) is 0 Å². The van der Waals surface area contributed by atoms with Crippen LogP contribution in [0.3, 0.4) is 0 Å². The lowest BCUT2D eigenvalue weighted by atomic mass is 9.78. The first-order valence-corrected chi connectivity index (χ1v) is 4.78. The van der Waals surface area contributed by atoms with Gasteiger partial charge in [-0.1, -0.05) is 31.5 Å². The minimum atomic E-state index is -0.577. The maximum absolute atomic E-state index is 9.51. The lowest BCUT2D eigenvalue weighted by Gasteiger charge is -2.02. The van der Waals surface area contributed by atoms with Crippen LogP contribution in [0.25, 0.3) is 0 Å². The van der Waals surface area contributed by atoms with E-state index in [2.05, 4.69) is 17.6 Å². The molecule has 0 aromatic heterocycles. The summed E-state index contributed by atoms with van der Waals surface area (Å²) in [6, 6.07) is 6.11. The molecule has 0 spiro atoms. The Morgan fingerprint density at radius 3 is 3.15 bits per heavy atom. The highest BCUT2D eigenvalue weighted by atomic mass is 16.5. The fourth-order valence-corrected chi connectivity index (χ4v) is 1.87. The molecule has 0 unspecified atom stereocenters. The van der Waals surface area contributed by atoms with Gasteiger partial charge in [0.05, 0.1) is 5.46 Å². The second kappa shape index (κ2) is 3.52. The van der Waals surface area contributed by atoms with Crippen LogP contribution < -0.4 is 5.46 Å². The molecule has 1 aliphatic rings. The quantitative estimate of drug-likeness (QED) is 0.513. The Labute approximate surface area is 78.7 Å². The average Bonchev–Trinajstić information content (AvgIpc) is 2.50. The van der Waals surface area contributed by atoms with Gasteiger partial charge in [0.2, 0.25) is 0 Å². The van der Waals surface area contributed by atoms with Crippen LogP contribution >= 0.6 is 0 Å². The van der Waals surface area contributed by atoms with Crippen LogP contribution in [0.2, 0.25) is 0 Å². The van der Waals surface area contributed by atoms with Crippen LogP contribution in [0, 0.1) is 0 Å². The second-order valence-electron chi connectivity index (χ2n) is 3.45. The molecule has 1 aromatic rings. The molecule has 2 N–H and O–H groups in total. The summed E-state index contributed by atoms with van der Waals surface area (Å²) < 4.78 is 4.10. The van der Waals surface area contributed by atoms with E-state index in [-0.39, 0.29) is 0 Å². The zero-order valence-corrected chi connectivity index (χ0v) is 7.83. The van der Waals surface area contributed by atoms with Crippen molar-refractivity contribution in [1.29, 1.82) is 0 Å². The largest absolute Gasteiger partial charge is 0.729 e. The molecule has 0 fully saturated rings. The molecule has 0 atom stereocenters. The van der Waals surface area contributed by atoms with E-state index in [0.29, 0.717) is 6.61 Å². The molecule has 0 saturated carbocycles. The molecule has 0 bridgehead atoms. The molecule has 1 aliphatic heterocycles. The van der Waals surface area contributed by atoms with Crippen molar-refractivity contribution in [3.63, 3.8) is 0 Å². The lowest BCUT2D eigenvalue weighted by Crippen LogP contribution is -2.30. The summed E-state index contributed by atoms with van der Waals surface area (Å²) in [7, 11) is -0.577. The number of hydrogen-bond donors (Lipinski definition) is 1. The van der Waals surface area contributed by atoms with E-state index in [0.717, 1.165) is 18.3 Å². The fraction of sp³-hybridized carbons (Fsp3) is 0.400. The molecule has 0 aliphatic carbocycles. The SMILES string of the molecule is CCCc1cccc2c1C[OH+]B2O. The summed E-state index contributed by atoms with van der Waals surface area (Å²) in [5, 5.41) is 9.51. The van der Waals surface area contributed by atoms with Gasteiger partial charge in [0.15, 0.2) is 0 Å². The van der Waals surface area contributed by atoms with Gasteiger partial charge in [-0.3, -0.25) is 0 Å². The lowest BCUT2D eigenvalue weighted by molar-refractivity contribution is 0.103. The van der Waals surface area contributed by atoms with Crippen molar-refractivity contribution < 1.29 is 9.68 Å². The molecule has 68 valence electrons. The Bertz CT molecular complexity index is 312. The number of hydrogen-bond acceptors (Lipinski definition) is 1. The summed E-state index contributed by atoms with van der Waals surface area (Å²) in [6.07, 6.45) is 2.23. The predicted octanol–water partition coefficient (Wildman–Crippen LogP) is 0.368. The first-order chi connectivity index (χ1) is 6.33. The summed E-state index contributed by atoms with van der Waals surface area (Å²) >= 11 is 0. The molecule has 1 aromatic carbocycles. The molecule has 2 nitrogen and oxygen atoms in total. The first-order valence-electron chi connectivity index (χ1n) is 4.78. The van der Waals surface area contributed by atoms with Crippen LogP contribution in [0.1, 0.15) is 24.5 Å². The maximum atomic E-state index is 9.51.